The van der Waals surface area contributed by atoms with Crippen LogP contribution in [0.25, 0.3) is 0 Å². The van der Waals surface area contributed by atoms with Gasteiger partial charge in [0.1, 0.15) is 0 Å². The molecule has 1 saturated heterocycles. The van der Waals surface area contributed by atoms with Crippen LogP contribution in [0.2, 0.25) is 0 Å². The number of β-amino-alcohol motifs (C(OH)–C–C–N with tert-alkyl or cyclic N) is 1. The Kier molecular flexibility index (Phi) is 3.99. The van der Waals surface area contributed by atoms with Gasteiger partial charge in [-0.2, -0.15) is 4.39 Å². The maximum absolute atomic E-state index is 13.2. The molecule has 0 aliphatic carbocycles. The van der Waals surface area contributed by atoms with Crippen molar-refractivity contribution in [3.05, 3.63) is 39.7 Å². The second-order valence-electron chi connectivity index (χ2n) is 5.01. The second-order valence-corrected chi connectivity index (χ2v) is 5.01. The van der Waals surface area contributed by atoms with Crippen LogP contribution in [0.5, 0.6) is 0 Å². The SMILES string of the molecule is CC1CCN(C(=O)c2ccc(F)c([N+](=O)[O-])c2)CC1O. The predicted molar refractivity (Wildman–Crippen MR) is 68.7 cm³/mol. The summed E-state index contributed by atoms with van der Waals surface area (Å²) in [6, 6.07) is 3.06. The fourth-order valence-corrected chi connectivity index (χ4v) is 2.20. The van der Waals surface area contributed by atoms with Gasteiger partial charge in [0.15, 0.2) is 0 Å². The fourth-order valence-electron chi connectivity index (χ4n) is 2.20. The molecule has 1 heterocycles. The Morgan fingerprint density at radius 3 is 2.85 bits per heavy atom. The molecule has 1 aliphatic rings. The van der Waals surface area contributed by atoms with Crippen molar-refractivity contribution in [2.24, 2.45) is 5.92 Å². The summed E-state index contributed by atoms with van der Waals surface area (Å²) in [6.07, 6.45) is 0.0547. The molecule has 6 nitrogen and oxygen atoms in total. The van der Waals surface area contributed by atoms with Crippen molar-refractivity contribution in [3.63, 3.8) is 0 Å². The Hall–Kier alpha value is -2.02. The number of hydrogen-bond acceptors (Lipinski definition) is 4. The van der Waals surface area contributed by atoms with Crippen LogP contribution in [0.15, 0.2) is 18.2 Å². The van der Waals surface area contributed by atoms with E-state index in [0.29, 0.717) is 13.0 Å². The van der Waals surface area contributed by atoms with Gasteiger partial charge in [-0.05, 0) is 24.5 Å². The standard InChI is InChI=1S/C13H15FN2O4/c1-8-4-5-15(7-12(8)17)13(18)9-2-3-10(14)11(6-9)16(19)20/h2-3,6,8,12,17H,4-5,7H2,1H3. The number of rotatable bonds is 2. The van der Waals surface area contributed by atoms with Gasteiger partial charge in [0.25, 0.3) is 5.91 Å². The Morgan fingerprint density at radius 1 is 1.55 bits per heavy atom. The highest BCUT2D eigenvalue weighted by atomic mass is 19.1. The number of carbonyl (C=O) groups excluding carboxylic acids is 1. The third-order valence-electron chi connectivity index (χ3n) is 3.60. The number of halogens is 1. The molecule has 2 atom stereocenters. The van der Waals surface area contributed by atoms with Crippen molar-refractivity contribution in [1.82, 2.24) is 4.90 Å². The van der Waals surface area contributed by atoms with E-state index in [1.54, 1.807) is 0 Å². The number of piperidine rings is 1. The Balaban J connectivity index is 2.21. The van der Waals surface area contributed by atoms with Gasteiger partial charge in [-0.3, -0.25) is 14.9 Å². The maximum Gasteiger partial charge on any atom is 0.305 e. The number of aliphatic hydroxyl groups excluding tert-OH is 1. The van der Waals surface area contributed by atoms with Crippen LogP contribution in [0, 0.1) is 21.8 Å². The summed E-state index contributed by atoms with van der Waals surface area (Å²) in [4.78, 5) is 23.4. The zero-order valence-corrected chi connectivity index (χ0v) is 11.0. The highest BCUT2D eigenvalue weighted by Crippen LogP contribution is 2.22. The number of hydrogen-bond donors (Lipinski definition) is 1. The predicted octanol–water partition coefficient (Wildman–Crippen LogP) is 1.58. The molecule has 0 bridgehead atoms. The minimum atomic E-state index is -0.973. The van der Waals surface area contributed by atoms with Crippen molar-refractivity contribution in [3.8, 4) is 0 Å². The van der Waals surface area contributed by atoms with Gasteiger partial charge in [-0.25, -0.2) is 0 Å². The molecule has 108 valence electrons. The molecule has 7 heteroatoms. The van der Waals surface area contributed by atoms with Crippen LogP contribution in [-0.4, -0.2) is 40.0 Å². The van der Waals surface area contributed by atoms with E-state index in [1.165, 1.54) is 11.0 Å². The minimum absolute atomic E-state index is 0.0554. The molecular weight excluding hydrogens is 267 g/mol. The molecule has 1 aromatic rings. The van der Waals surface area contributed by atoms with E-state index in [9.17, 15) is 24.4 Å². The highest BCUT2D eigenvalue weighted by molar-refractivity contribution is 5.95. The topological polar surface area (TPSA) is 83.7 Å². The van der Waals surface area contributed by atoms with Gasteiger partial charge in [0, 0.05) is 24.7 Å². The molecule has 1 aromatic carbocycles. The molecule has 1 fully saturated rings. The van der Waals surface area contributed by atoms with E-state index < -0.39 is 28.4 Å². The fraction of sp³-hybridized carbons (Fsp3) is 0.462. The van der Waals surface area contributed by atoms with E-state index in [4.69, 9.17) is 0 Å². The molecule has 1 aliphatic heterocycles. The number of aliphatic hydroxyl groups is 1. The van der Waals surface area contributed by atoms with E-state index in [-0.39, 0.29) is 18.0 Å². The van der Waals surface area contributed by atoms with Crippen LogP contribution in [0.3, 0.4) is 0 Å². The lowest BCUT2D eigenvalue weighted by molar-refractivity contribution is -0.387. The van der Waals surface area contributed by atoms with Gasteiger partial charge in [-0.15, -0.1) is 0 Å². The summed E-state index contributed by atoms with van der Waals surface area (Å²) in [5.41, 5.74) is -0.665. The van der Waals surface area contributed by atoms with Gasteiger partial charge in [-0.1, -0.05) is 6.92 Å². The summed E-state index contributed by atoms with van der Waals surface area (Å²) in [5.74, 6) is -1.29. The summed E-state index contributed by atoms with van der Waals surface area (Å²) in [7, 11) is 0. The zero-order chi connectivity index (χ0) is 14.9. The first kappa shape index (κ1) is 14.4. The number of nitro benzene ring substituents is 1. The van der Waals surface area contributed by atoms with Crippen LogP contribution in [0.4, 0.5) is 10.1 Å². The first-order valence-electron chi connectivity index (χ1n) is 6.31. The quantitative estimate of drug-likeness (QED) is 0.659. The van der Waals surface area contributed by atoms with Crippen LogP contribution < -0.4 is 0 Å². The first-order chi connectivity index (χ1) is 9.40. The van der Waals surface area contributed by atoms with Gasteiger partial charge in [0.05, 0.1) is 11.0 Å². The number of benzene rings is 1. The van der Waals surface area contributed by atoms with Crippen LogP contribution in [-0.2, 0) is 0 Å². The van der Waals surface area contributed by atoms with Gasteiger partial charge >= 0.3 is 5.69 Å². The third-order valence-corrected chi connectivity index (χ3v) is 3.60. The average Bonchev–Trinajstić information content (AvgIpc) is 2.41. The molecule has 1 amide bonds. The summed E-state index contributed by atoms with van der Waals surface area (Å²) in [5, 5.41) is 20.4. The number of carbonyl (C=O) groups is 1. The zero-order valence-electron chi connectivity index (χ0n) is 11.0. The molecular formula is C13H15FN2O4. The summed E-state index contributed by atoms with van der Waals surface area (Å²) in [6.45, 7) is 2.56. The highest BCUT2D eigenvalue weighted by Gasteiger charge is 2.29. The lowest BCUT2D eigenvalue weighted by atomic mass is 9.95. The molecule has 2 unspecified atom stereocenters. The minimum Gasteiger partial charge on any atom is -0.391 e. The first-order valence-corrected chi connectivity index (χ1v) is 6.31. The molecule has 1 N–H and O–H groups in total. The van der Waals surface area contributed by atoms with E-state index in [1.807, 2.05) is 6.92 Å². The van der Waals surface area contributed by atoms with E-state index >= 15 is 0 Å². The van der Waals surface area contributed by atoms with Gasteiger partial charge in [0.2, 0.25) is 5.82 Å². The van der Waals surface area contributed by atoms with Crippen LogP contribution >= 0.6 is 0 Å². The number of nitro groups is 1. The Bertz CT molecular complexity index is 549. The molecule has 0 radical (unpaired) electrons. The lowest BCUT2D eigenvalue weighted by Gasteiger charge is -2.34. The van der Waals surface area contributed by atoms with Crippen molar-refractivity contribution in [2.75, 3.05) is 13.1 Å². The van der Waals surface area contributed by atoms with E-state index in [0.717, 1.165) is 12.1 Å². The van der Waals surface area contributed by atoms with E-state index in [2.05, 4.69) is 0 Å². The average molecular weight is 282 g/mol. The van der Waals surface area contributed by atoms with Crippen LogP contribution in [0.1, 0.15) is 23.7 Å². The molecule has 20 heavy (non-hydrogen) atoms. The largest absolute Gasteiger partial charge is 0.391 e. The lowest BCUT2D eigenvalue weighted by Crippen LogP contribution is -2.45. The van der Waals surface area contributed by atoms with Crippen molar-refractivity contribution in [1.29, 1.82) is 0 Å². The monoisotopic (exact) mass is 282 g/mol. The summed E-state index contributed by atoms with van der Waals surface area (Å²) >= 11 is 0. The van der Waals surface area contributed by atoms with Crippen molar-refractivity contribution >= 4 is 11.6 Å². The third kappa shape index (κ3) is 2.77. The smallest absolute Gasteiger partial charge is 0.305 e. The molecule has 0 saturated carbocycles. The number of nitrogens with zero attached hydrogens (tertiary/aromatic N) is 2. The van der Waals surface area contributed by atoms with Gasteiger partial charge < -0.3 is 10.0 Å². The molecule has 0 aromatic heterocycles. The molecule has 0 spiro atoms. The summed E-state index contributed by atoms with van der Waals surface area (Å²) < 4.78 is 13.2. The van der Waals surface area contributed by atoms with Crippen molar-refractivity contribution in [2.45, 2.75) is 19.4 Å². The maximum atomic E-state index is 13.2. The second kappa shape index (κ2) is 5.54. The normalized spacial score (nSPS) is 22.6. The van der Waals surface area contributed by atoms with Crippen molar-refractivity contribution < 1.29 is 19.2 Å². The Labute approximate surface area is 115 Å². The number of amides is 1. The molecule has 2 rings (SSSR count). The Morgan fingerprint density at radius 2 is 2.25 bits per heavy atom. The number of likely N-dealkylation sites (tertiary alicyclic amines) is 1.